The molecule has 0 spiro atoms. The Morgan fingerprint density at radius 2 is 1.81 bits per heavy atom. The number of rotatable bonds is 6. The minimum Gasteiger partial charge on any atom is -0.496 e. The van der Waals surface area contributed by atoms with Gasteiger partial charge >= 0.3 is 0 Å². The third-order valence-electron chi connectivity index (χ3n) is 5.36. The van der Waals surface area contributed by atoms with Gasteiger partial charge in [-0.15, -0.1) is 11.3 Å². The van der Waals surface area contributed by atoms with Crippen LogP contribution in [0.3, 0.4) is 0 Å². The summed E-state index contributed by atoms with van der Waals surface area (Å²) in [7, 11) is 3.52. The smallest absolute Gasteiger partial charge is 0.254 e. The SMILES string of the molecule is COc1ccc(-c2ccc(-c3ccc4c(c3)CN(C)C4=O)s2)cc1SNc1ccccn1. The topological polar surface area (TPSA) is 54.5 Å². The van der Waals surface area contributed by atoms with E-state index in [1.165, 1.54) is 21.7 Å². The molecule has 2 aromatic carbocycles. The number of methoxy groups -OCH3 is 1. The predicted molar refractivity (Wildman–Crippen MR) is 131 cm³/mol. The zero-order valence-electron chi connectivity index (χ0n) is 17.7. The number of hydrogen-bond donors (Lipinski definition) is 1. The third-order valence-corrected chi connectivity index (χ3v) is 7.39. The van der Waals surface area contributed by atoms with Crippen molar-refractivity contribution in [3.8, 4) is 26.6 Å². The number of pyridine rings is 1. The minimum atomic E-state index is 0.0981. The average Bonchev–Trinajstić information content (AvgIpc) is 3.43. The van der Waals surface area contributed by atoms with Crippen LogP contribution in [-0.2, 0) is 6.54 Å². The highest BCUT2D eigenvalue weighted by Gasteiger charge is 2.24. The van der Waals surface area contributed by atoms with Crippen molar-refractivity contribution in [3.63, 3.8) is 0 Å². The van der Waals surface area contributed by atoms with E-state index in [1.807, 2.05) is 43.4 Å². The summed E-state index contributed by atoms with van der Waals surface area (Å²) < 4.78 is 8.82. The van der Waals surface area contributed by atoms with E-state index in [1.54, 1.807) is 29.5 Å². The molecule has 1 amide bonds. The van der Waals surface area contributed by atoms with E-state index < -0.39 is 0 Å². The highest BCUT2D eigenvalue weighted by atomic mass is 32.2. The molecular weight excluding hydrogens is 438 g/mol. The van der Waals surface area contributed by atoms with Gasteiger partial charge in [0.25, 0.3) is 5.91 Å². The Bertz CT molecular complexity index is 1290. The number of aromatic nitrogens is 1. The van der Waals surface area contributed by atoms with Crippen LogP contribution in [0.15, 0.2) is 77.8 Å². The van der Waals surface area contributed by atoms with E-state index >= 15 is 0 Å². The van der Waals surface area contributed by atoms with E-state index in [9.17, 15) is 4.79 Å². The van der Waals surface area contributed by atoms with Crippen molar-refractivity contribution < 1.29 is 9.53 Å². The van der Waals surface area contributed by atoms with E-state index in [4.69, 9.17) is 4.74 Å². The summed E-state index contributed by atoms with van der Waals surface area (Å²) in [5.41, 5.74) is 4.17. The summed E-state index contributed by atoms with van der Waals surface area (Å²) in [6.07, 6.45) is 1.76. The first-order valence-corrected chi connectivity index (χ1v) is 11.8. The minimum absolute atomic E-state index is 0.0981. The van der Waals surface area contributed by atoms with Crippen LogP contribution in [-0.4, -0.2) is 29.9 Å². The lowest BCUT2D eigenvalue weighted by molar-refractivity contribution is 0.0816. The summed E-state index contributed by atoms with van der Waals surface area (Å²) in [5, 5.41) is 0. The Kier molecular flexibility index (Phi) is 5.59. The van der Waals surface area contributed by atoms with Crippen LogP contribution in [0.4, 0.5) is 5.82 Å². The molecule has 160 valence electrons. The molecule has 0 fully saturated rings. The zero-order chi connectivity index (χ0) is 22.1. The summed E-state index contributed by atoms with van der Waals surface area (Å²) in [4.78, 5) is 21.6. The van der Waals surface area contributed by atoms with Crippen molar-refractivity contribution in [2.75, 3.05) is 18.9 Å². The molecule has 7 heteroatoms. The van der Waals surface area contributed by atoms with E-state index in [2.05, 4.69) is 40.0 Å². The first-order valence-electron chi connectivity index (χ1n) is 10.1. The van der Waals surface area contributed by atoms with E-state index in [-0.39, 0.29) is 5.91 Å². The molecule has 1 aliphatic heterocycles. The molecule has 0 unspecified atom stereocenters. The largest absolute Gasteiger partial charge is 0.496 e. The van der Waals surface area contributed by atoms with Gasteiger partial charge in [-0.3, -0.25) is 4.79 Å². The molecule has 0 saturated carbocycles. The van der Waals surface area contributed by atoms with Gasteiger partial charge in [-0.1, -0.05) is 12.1 Å². The van der Waals surface area contributed by atoms with Gasteiger partial charge < -0.3 is 14.4 Å². The Morgan fingerprint density at radius 3 is 2.56 bits per heavy atom. The van der Waals surface area contributed by atoms with Crippen molar-refractivity contribution in [1.29, 1.82) is 0 Å². The first-order chi connectivity index (χ1) is 15.6. The number of fused-ring (bicyclic) bond motifs is 1. The van der Waals surface area contributed by atoms with Gasteiger partial charge in [-0.25, -0.2) is 4.98 Å². The average molecular weight is 460 g/mol. The number of anilines is 1. The molecular formula is C25H21N3O2S2. The van der Waals surface area contributed by atoms with Crippen LogP contribution in [0.2, 0.25) is 0 Å². The second-order valence-corrected chi connectivity index (χ2v) is 9.41. The monoisotopic (exact) mass is 459 g/mol. The Balaban J connectivity index is 1.40. The van der Waals surface area contributed by atoms with Crippen LogP contribution in [0.25, 0.3) is 20.9 Å². The van der Waals surface area contributed by atoms with Gasteiger partial charge in [0, 0.05) is 35.1 Å². The summed E-state index contributed by atoms with van der Waals surface area (Å²) in [6.45, 7) is 0.669. The molecule has 5 nitrogen and oxygen atoms in total. The molecule has 32 heavy (non-hydrogen) atoms. The van der Waals surface area contributed by atoms with Crippen LogP contribution in [0.5, 0.6) is 5.75 Å². The normalized spacial score (nSPS) is 12.7. The Morgan fingerprint density at radius 1 is 1.03 bits per heavy atom. The number of carbonyl (C=O) groups is 1. The summed E-state index contributed by atoms with van der Waals surface area (Å²) in [5.74, 6) is 1.71. The van der Waals surface area contributed by atoms with Crippen LogP contribution < -0.4 is 9.46 Å². The van der Waals surface area contributed by atoms with E-state index in [0.29, 0.717) is 6.54 Å². The molecule has 4 aromatic rings. The van der Waals surface area contributed by atoms with Crippen LogP contribution >= 0.6 is 23.3 Å². The quantitative estimate of drug-likeness (QED) is 0.348. The molecule has 3 heterocycles. The fraction of sp³-hybridized carbons (Fsp3) is 0.120. The predicted octanol–water partition coefficient (Wildman–Crippen LogP) is 6.19. The fourth-order valence-corrected chi connectivity index (χ4v) is 5.48. The molecule has 0 radical (unpaired) electrons. The molecule has 1 aliphatic rings. The van der Waals surface area contributed by atoms with Crippen LogP contribution in [0.1, 0.15) is 15.9 Å². The number of carbonyl (C=O) groups excluding carboxylic acids is 1. The number of amides is 1. The number of benzene rings is 2. The van der Waals surface area contributed by atoms with Crippen molar-refractivity contribution >= 4 is 35.0 Å². The number of nitrogens with zero attached hydrogens (tertiary/aromatic N) is 2. The van der Waals surface area contributed by atoms with Gasteiger partial charge in [0.1, 0.15) is 11.6 Å². The molecule has 0 bridgehead atoms. The van der Waals surface area contributed by atoms with Gasteiger partial charge in [0.2, 0.25) is 0 Å². The number of thiophene rings is 1. The second kappa shape index (κ2) is 8.68. The molecule has 0 saturated heterocycles. The Hall–Kier alpha value is -3.29. The highest BCUT2D eigenvalue weighted by molar-refractivity contribution is 8.00. The summed E-state index contributed by atoms with van der Waals surface area (Å²) in [6, 6.07) is 22.4. The molecule has 2 aromatic heterocycles. The van der Waals surface area contributed by atoms with Crippen molar-refractivity contribution in [1.82, 2.24) is 9.88 Å². The fourth-order valence-electron chi connectivity index (χ4n) is 3.71. The Labute approximate surface area is 195 Å². The zero-order valence-corrected chi connectivity index (χ0v) is 19.3. The maximum Gasteiger partial charge on any atom is 0.254 e. The molecule has 1 N–H and O–H groups in total. The molecule has 5 rings (SSSR count). The lowest BCUT2D eigenvalue weighted by Crippen LogP contribution is -2.17. The highest BCUT2D eigenvalue weighted by Crippen LogP contribution is 2.39. The third kappa shape index (κ3) is 3.97. The van der Waals surface area contributed by atoms with Gasteiger partial charge in [-0.05, 0) is 83.2 Å². The van der Waals surface area contributed by atoms with Gasteiger partial charge in [0.05, 0.1) is 12.0 Å². The van der Waals surface area contributed by atoms with Gasteiger partial charge in [-0.2, -0.15) is 0 Å². The first kappa shape index (κ1) is 20.6. The lowest BCUT2D eigenvalue weighted by Gasteiger charge is -2.10. The van der Waals surface area contributed by atoms with E-state index in [0.717, 1.165) is 38.7 Å². The molecule has 0 atom stereocenters. The number of ether oxygens (including phenoxy) is 1. The number of nitrogens with one attached hydrogen (secondary N) is 1. The lowest BCUT2D eigenvalue weighted by atomic mass is 10.1. The maximum absolute atomic E-state index is 12.2. The second-order valence-electron chi connectivity index (χ2n) is 7.48. The standard InChI is InChI=1S/C25H21N3O2S2/c1-28-15-18-13-16(6-8-19(18)25(28)29)21-10-11-22(31-21)17-7-9-20(30-2)23(14-17)32-27-24-5-3-4-12-26-24/h3-14H,15H2,1-2H3,(H,26,27). The summed E-state index contributed by atoms with van der Waals surface area (Å²) >= 11 is 3.22. The van der Waals surface area contributed by atoms with Gasteiger partial charge in [0.15, 0.2) is 0 Å². The molecule has 0 aliphatic carbocycles. The number of hydrogen-bond acceptors (Lipinski definition) is 6. The van der Waals surface area contributed by atoms with Crippen molar-refractivity contribution in [3.05, 3.63) is 84.1 Å². The van der Waals surface area contributed by atoms with Crippen molar-refractivity contribution in [2.24, 2.45) is 0 Å². The van der Waals surface area contributed by atoms with Crippen LogP contribution in [0, 0.1) is 0 Å². The van der Waals surface area contributed by atoms with Crippen molar-refractivity contribution in [2.45, 2.75) is 11.4 Å². The maximum atomic E-state index is 12.2.